The average molecular weight is 286 g/mol. The van der Waals surface area contributed by atoms with E-state index in [0.717, 1.165) is 6.42 Å². The van der Waals surface area contributed by atoms with Crippen LogP contribution in [0.4, 0.5) is 14.5 Å². The van der Waals surface area contributed by atoms with Crippen molar-refractivity contribution in [2.45, 2.75) is 27.2 Å². The molecule has 0 aromatic heterocycles. The number of nitro groups is 1. The van der Waals surface area contributed by atoms with Crippen LogP contribution in [0.2, 0.25) is 0 Å². The molecule has 0 saturated heterocycles. The molecule has 7 heteroatoms. The van der Waals surface area contributed by atoms with Gasteiger partial charge in [0.25, 0.3) is 5.91 Å². The number of nitrogens with zero attached hydrogens (tertiary/aromatic N) is 1. The summed E-state index contributed by atoms with van der Waals surface area (Å²) in [7, 11) is 0. The first-order valence-corrected chi connectivity index (χ1v) is 6.09. The van der Waals surface area contributed by atoms with Gasteiger partial charge in [-0.2, -0.15) is 4.39 Å². The highest BCUT2D eigenvalue weighted by Gasteiger charge is 2.25. The van der Waals surface area contributed by atoms with E-state index in [1.165, 1.54) is 0 Å². The molecular formula is C13H16F2N2O3. The summed E-state index contributed by atoms with van der Waals surface area (Å²) >= 11 is 0. The van der Waals surface area contributed by atoms with Crippen LogP contribution in [0.25, 0.3) is 0 Å². The zero-order valence-electron chi connectivity index (χ0n) is 11.5. The number of hydrogen-bond acceptors (Lipinski definition) is 3. The van der Waals surface area contributed by atoms with E-state index in [1.807, 2.05) is 20.8 Å². The Morgan fingerprint density at radius 1 is 1.40 bits per heavy atom. The standard InChI is InChI=1S/C13H16F2N2O3/c1-4-13(2,3)7-16-12(18)9-5-8(14)6-10(11(9)15)17(19)20/h5-6H,4,7H2,1-3H3,(H,16,18). The molecule has 0 atom stereocenters. The largest absolute Gasteiger partial charge is 0.351 e. The second-order valence-corrected chi connectivity index (χ2v) is 5.24. The van der Waals surface area contributed by atoms with Gasteiger partial charge in [0.15, 0.2) is 0 Å². The monoisotopic (exact) mass is 286 g/mol. The van der Waals surface area contributed by atoms with E-state index in [0.29, 0.717) is 12.1 Å². The second-order valence-electron chi connectivity index (χ2n) is 5.24. The van der Waals surface area contributed by atoms with Gasteiger partial charge in [-0.1, -0.05) is 20.8 Å². The lowest BCUT2D eigenvalue weighted by Gasteiger charge is -2.22. The lowest BCUT2D eigenvalue weighted by molar-refractivity contribution is -0.387. The first kappa shape index (κ1) is 16.0. The molecule has 1 aromatic carbocycles. The summed E-state index contributed by atoms with van der Waals surface area (Å²) in [5.74, 6) is -3.23. The van der Waals surface area contributed by atoms with Gasteiger partial charge in [0.2, 0.25) is 5.82 Å². The van der Waals surface area contributed by atoms with Gasteiger partial charge in [0.1, 0.15) is 5.82 Å². The number of hydrogen-bond donors (Lipinski definition) is 1. The Balaban J connectivity index is 3.02. The number of carbonyl (C=O) groups is 1. The van der Waals surface area contributed by atoms with Crippen molar-refractivity contribution in [2.24, 2.45) is 5.41 Å². The number of nitrogens with one attached hydrogen (secondary N) is 1. The fourth-order valence-electron chi connectivity index (χ4n) is 1.41. The topological polar surface area (TPSA) is 72.2 Å². The first-order chi connectivity index (χ1) is 9.18. The molecule has 0 aliphatic rings. The number of carbonyl (C=O) groups excluding carboxylic acids is 1. The van der Waals surface area contributed by atoms with Gasteiger partial charge in [-0.15, -0.1) is 0 Å². The van der Waals surface area contributed by atoms with Crippen LogP contribution in [0.3, 0.4) is 0 Å². The first-order valence-electron chi connectivity index (χ1n) is 6.09. The Morgan fingerprint density at radius 3 is 2.50 bits per heavy atom. The number of nitro benzene ring substituents is 1. The molecule has 0 unspecified atom stereocenters. The molecule has 1 amide bonds. The normalized spacial score (nSPS) is 11.2. The predicted molar refractivity (Wildman–Crippen MR) is 69.4 cm³/mol. The highest BCUT2D eigenvalue weighted by atomic mass is 19.1. The van der Waals surface area contributed by atoms with Gasteiger partial charge in [-0.3, -0.25) is 14.9 Å². The van der Waals surface area contributed by atoms with Crippen molar-refractivity contribution in [1.82, 2.24) is 5.32 Å². The van der Waals surface area contributed by atoms with E-state index < -0.39 is 33.7 Å². The van der Waals surface area contributed by atoms with Gasteiger partial charge < -0.3 is 5.32 Å². The minimum Gasteiger partial charge on any atom is -0.351 e. The molecule has 20 heavy (non-hydrogen) atoms. The molecule has 110 valence electrons. The maximum atomic E-state index is 13.8. The fourth-order valence-corrected chi connectivity index (χ4v) is 1.41. The molecule has 0 radical (unpaired) electrons. The van der Waals surface area contributed by atoms with E-state index in [1.54, 1.807) is 0 Å². The van der Waals surface area contributed by atoms with E-state index >= 15 is 0 Å². The molecule has 0 aliphatic carbocycles. The van der Waals surface area contributed by atoms with Crippen LogP contribution in [0.15, 0.2) is 12.1 Å². The number of amides is 1. The SMILES string of the molecule is CCC(C)(C)CNC(=O)c1cc(F)cc([N+](=O)[O-])c1F. The summed E-state index contributed by atoms with van der Waals surface area (Å²) in [6, 6.07) is 1.10. The molecule has 0 bridgehead atoms. The summed E-state index contributed by atoms with van der Waals surface area (Å²) < 4.78 is 27.0. The van der Waals surface area contributed by atoms with Crippen LogP contribution in [-0.4, -0.2) is 17.4 Å². The third kappa shape index (κ3) is 3.72. The number of rotatable bonds is 5. The van der Waals surface area contributed by atoms with Gasteiger partial charge in [0, 0.05) is 6.54 Å². The maximum absolute atomic E-state index is 13.8. The van der Waals surface area contributed by atoms with Crippen molar-refractivity contribution in [3.63, 3.8) is 0 Å². The summed E-state index contributed by atoms with van der Waals surface area (Å²) in [4.78, 5) is 21.3. The third-order valence-corrected chi connectivity index (χ3v) is 3.14. The Bertz CT molecular complexity index is 545. The van der Waals surface area contributed by atoms with E-state index in [-0.39, 0.29) is 12.0 Å². The predicted octanol–water partition coefficient (Wildman–Crippen LogP) is 3.04. The highest BCUT2D eigenvalue weighted by Crippen LogP contribution is 2.23. The van der Waals surface area contributed by atoms with E-state index in [9.17, 15) is 23.7 Å². The Hall–Kier alpha value is -2.05. The van der Waals surface area contributed by atoms with Gasteiger partial charge in [-0.25, -0.2) is 4.39 Å². The molecule has 0 heterocycles. The number of halogens is 2. The minimum atomic E-state index is -1.33. The molecule has 1 rings (SSSR count). The quantitative estimate of drug-likeness (QED) is 0.668. The van der Waals surface area contributed by atoms with Crippen molar-refractivity contribution in [2.75, 3.05) is 6.54 Å². The van der Waals surface area contributed by atoms with Crippen LogP contribution in [0.5, 0.6) is 0 Å². The lowest BCUT2D eigenvalue weighted by atomic mass is 9.90. The molecule has 0 aliphatic heterocycles. The average Bonchev–Trinajstić information content (AvgIpc) is 2.38. The Morgan fingerprint density at radius 2 is 2.00 bits per heavy atom. The summed E-state index contributed by atoms with van der Waals surface area (Å²) in [5, 5.41) is 13.0. The van der Waals surface area contributed by atoms with Crippen LogP contribution in [0, 0.1) is 27.2 Å². The van der Waals surface area contributed by atoms with E-state index in [4.69, 9.17) is 0 Å². The molecule has 5 nitrogen and oxygen atoms in total. The van der Waals surface area contributed by atoms with E-state index in [2.05, 4.69) is 5.32 Å². The molecule has 0 spiro atoms. The number of benzene rings is 1. The minimum absolute atomic E-state index is 0.203. The highest BCUT2D eigenvalue weighted by molar-refractivity contribution is 5.95. The second kappa shape index (κ2) is 5.94. The zero-order chi connectivity index (χ0) is 15.5. The molecule has 0 saturated carbocycles. The van der Waals surface area contributed by atoms with Crippen molar-refractivity contribution in [3.8, 4) is 0 Å². The Labute approximate surface area is 115 Å². The summed E-state index contributed by atoms with van der Waals surface area (Å²) in [6.07, 6.45) is 0.777. The molecular weight excluding hydrogens is 270 g/mol. The van der Waals surface area contributed by atoms with Crippen LogP contribution in [-0.2, 0) is 0 Å². The molecule has 1 aromatic rings. The van der Waals surface area contributed by atoms with Crippen LogP contribution < -0.4 is 5.32 Å². The van der Waals surface area contributed by atoms with Crippen molar-refractivity contribution in [1.29, 1.82) is 0 Å². The zero-order valence-corrected chi connectivity index (χ0v) is 11.5. The molecule has 0 fully saturated rings. The van der Waals surface area contributed by atoms with Crippen molar-refractivity contribution >= 4 is 11.6 Å². The Kier molecular flexibility index (Phi) is 4.75. The van der Waals surface area contributed by atoms with Crippen molar-refractivity contribution in [3.05, 3.63) is 39.4 Å². The maximum Gasteiger partial charge on any atom is 0.308 e. The summed E-state index contributed by atoms with van der Waals surface area (Å²) in [5.41, 5.74) is -1.92. The van der Waals surface area contributed by atoms with Crippen molar-refractivity contribution < 1.29 is 18.5 Å². The fraction of sp³-hybridized carbons (Fsp3) is 0.462. The van der Waals surface area contributed by atoms with Crippen LogP contribution in [0.1, 0.15) is 37.6 Å². The molecule has 1 N–H and O–H groups in total. The summed E-state index contributed by atoms with van der Waals surface area (Å²) in [6.45, 7) is 5.99. The third-order valence-electron chi connectivity index (χ3n) is 3.14. The van der Waals surface area contributed by atoms with Gasteiger partial charge >= 0.3 is 5.69 Å². The van der Waals surface area contributed by atoms with Crippen LogP contribution >= 0.6 is 0 Å². The lowest BCUT2D eigenvalue weighted by Crippen LogP contribution is -2.34. The van der Waals surface area contributed by atoms with Gasteiger partial charge in [-0.05, 0) is 17.9 Å². The smallest absolute Gasteiger partial charge is 0.308 e. The van der Waals surface area contributed by atoms with Gasteiger partial charge in [0.05, 0.1) is 16.6 Å².